The number of furan rings is 1. The number of fused-ring (bicyclic) bond motifs is 1. The minimum absolute atomic E-state index is 0.0117. The average molecular weight is 546 g/mol. The number of amides is 1. The van der Waals surface area contributed by atoms with Gasteiger partial charge in [-0.05, 0) is 42.9 Å². The van der Waals surface area contributed by atoms with Gasteiger partial charge in [-0.25, -0.2) is 0 Å². The third-order valence-corrected chi connectivity index (χ3v) is 7.22. The second-order valence-corrected chi connectivity index (χ2v) is 10.4. The van der Waals surface area contributed by atoms with Gasteiger partial charge in [0.25, 0.3) is 5.91 Å². The molecule has 3 heterocycles. The molecular formula is C26H28ClN3O6S. The topological polar surface area (TPSA) is 128 Å². The zero-order valence-corrected chi connectivity index (χ0v) is 21.7. The molecule has 3 aromatic heterocycles. The number of nitrogens with one attached hydrogen (secondary N) is 1. The second-order valence-electron chi connectivity index (χ2n) is 8.83. The fourth-order valence-corrected chi connectivity index (χ4v) is 5.30. The van der Waals surface area contributed by atoms with E-state index in [1.54, 1.807) is 47.0 Å². The molecule has 4 rings (SSSR count). The van der Waals surface area contributed by atoms with Crippen LogP contribution in [0.4, 0.5) is 0 Å². The molecule has 196 valence electrons. The maximum Gasteiger partial charge on any atom is 0.257 e. The third-order valence-electron chi connectivity index (χ3n) is 5.81. The molecule has 0 aliphatic carbocycles. The number of thiophene rings is 1. The van der Waals surface area contributed by atoms with E-state index in [2.05, 4.69) is 5.32 Å². The quantitative estimate of drug-likeness (QED) is 0.228. The summed E-state index contributed by atoms with van der Waals surface area (Å²) in [5.74, 6) is -0.0735. The molecule has 11 heteroatoms. The van der Waals surface area contributed by atoms with Crippen LogP contribution in [0.1, 0.15) is 32.7 Å². The van der Waals surface area contributed by atoms with Crippen LogP contribution in [0.15, 0.2) is 64.1 Å². The summed E-state index contributed by atoms with van der Waals surface area (Å²) in [5, 5.41) is 33.5. The normalized spacial score (nSPS) is 13.2. The number of pyridine rings is 1. The van der Waals surface area contributed by atoms with E-state index in [0.717, 1.165) is 10.4 Å². The Morgan fingerprint density at radius 2 is 2.00 bits per heavy atom. The minimum Gasteiger partial charge on any atom is -0.467 e. The van der Waals surface area contributed by atoms with Gasteiger partial charge in [0, 0.05) is 35.7 Å². The number of benzene rings is 1. The summed E-state index contributed by atoms with van der Waals surface area (Å²) in [5.41, 5.74) is 0.351. The van der Waals surface area contributed by atoms with E-state index in [0.29, 0.717) is 34.1 Å². The highest BCUT2D eigenvalue weighted by molar-refractivity contribution is 7.18. The number of carbonyl (C=O) groups excluding carboxylic acids is 1. The maximum absolute atomic E-state index is 13.3. The molecule has 0 saturated carbocycles. The van der Waals surface area contributed by atoms with Crippen molar-refractivity contribution >= 4 is 39.1 Å². The van der Waals surface area contributed by atoms with E-state index in [-0.39, 0.29) is 18.7 Å². The molecule has 0 saturated heterocycles. The van der Waals surface area contributed by atoms with Crippen molar-refractivity contribution in [2.45, 2.75) is 31.8 Å². The Bertz CT molecular complexity index is 1400. The van der Waals surface area contributed by atoms with Gasteiger partial charge in [-0.1, -0.05) is 23.7 Å². The Kier molecular flexibility index (Phi) is 8.80. The summed E-state index contributed by atoms with van der Waals surface area (Å²) in [7, 11) is 1.84. The standard InChI is InChI=1S/C26H28ClN3O6S/c1-29(14-22(33)23-3-2-8-36-23)12-19-9-20-24(34)21(13-30(26(20)37-19)11-18(32)15-31)25(35)28-10-16-4-6-17(27)7-5-16/h2-9,13,18,22,31-33H,10-12,14-15H2,1H3,(H,28,35)/t18?,22-/m1/s1. The molecule has 0 bridgehead atoms. The van der Waals surface area contributed by atoms with Crippen molar-refractivity contribution in [3.05, 3.63) is 91.9 Å². The predicted octanol–water partition coefficient (Wildman–Crippen LogP) is 2.76. The zero-order valence-electron chi connectivity index (χ0n) is 20.1. The molecule has 4 aromatic rings. The largest absolute Gasteiger partial charge is 0.467 e. The molecule has 37 heavy (non-hydrogen) atoms. The van der Waals surface area contributed by atoms with Crippen LogP contribution in [0.25, 0.3) is 10.2 Å². The third kappa shape index (κ3) is 6.67. The summed E-state index contributed by atoms with van der Waals surface area (Å²) in [4.78, 5) is 29.6. The van der Waals surface area contributed by atoms with Gasteiger partial charge in [-0.15, -0.1) is 11.3 Å². The summed E-state index contributed by atoms with van der Waals surface area (Å²) in [6.45, 7) is 0.518. The Balaban J connectivity index is 1.58. The SMILES string of the molecule is CN(Cc1cc2c(=O)c(C(=O)NCc3ccc(Cl)cc3)cn(CC(O)CO)c2s1)C[C@@H](O)c1ccco1. The van der Waals surface area contributed by atoms with E-state index in [1.807, 2.05) is 11.9 Å². The Labute approximate surface area is 222 Å². The zero-order chi connectivity index (χ0) is 26.5. The van der Waals surface area contributed by atoms with Crippen molar-refractivity contribution in [2.24, 2.45) is 0 Å². The molecule has 1 unspecified atom stereocenters. The number of nitrogens with zero attached hydrogens (tertiary/aromatic N) is 2. The number of aliphatic hydroxyl groups excluding tert-OH is 3. The Hall–Kier alpha value is -2.99. The van der Waals surface area contributed by atoms with E-state index < -0.39 is 30.2 Å². The fourth-order valence-electron chi connectivity index (χ4n) is 3.96. The van der Waals surface area contributed by atoms with Crippen LogP contribution in [0, 0.1) is 0 Å². The highest BCUT2D eigenvalue weighted by Crippen LogP contribution is 2.26. The van der Waals surface area contributed by atoms with Crippen LogP contribution in [-0.4, -0.2) is 57.0 Å². The number of hydrogen-bond donors (Lipinski definition) is 4. The van der Waals surface area contributed by atoms with Crippen molar-refractivity contribution in [3.63, 3.8) is 0 Å². The Morgan fingerprint density at radius 3 is 2.68 bits per heavy atom. The molecule has 0 spiro atoms. The molecular weight excluding hydrogens is 518 g/mol. The van der Waals surface area contributed by atoms with Crippen molar-refractivity contribution < 1.29 is 24.5 Å². The molecule has 2 atom stereocenters. The van der Waals surface area contributed by atoms with Gasteiger partial charge < -0.3 is 29.6 Å². The second kappa shape index (κ2) is 12.0. The summed E-state index contributed by atoms with van der Waals surface area (Å²) in [6, 6.07) is 12.2. The van der Waals surface area contributed by atoms with Gasteiger partial charge in [0.05, 0.1) is 30.9 Å². The van der Waals surface area contributed by atoms with Gasteiger partial charge in [0.1, 0.15) is 22.3 Å². The van der Waals surface area contributed by atoms with Crippen molar-refractivity contribution in [2.75, 3.05) is 20.2 Å². The monoisotopic (exact) mass is 545 g/mol. The highest BCUT2D eigenvalue weighted by atomic mass is 35.5. The summed E-state index contributed by atoms with van der Waals surface area (Å²) in [6.07, 6.45) is 1.06. The van der Waals surface area contributed by atoms with Crippen LogP contribution in [0.2, 0.25) is 5.02 Å². The first-order valence-corrected chi connectivity index (χ1v) is 12.8. The lowest BCUT2D eigenvalue weighted by Crippen LogP contribution is -2.30. The number of carbonyl (C=O) groups is 1. The van der Waals surface area contributed by atoms with Gasteiger partial charge >= 0.3 is 0 Å². The molecule has 0 radical (unpaired) electrons. The number of halogens is 1. The molecule has 4 N–H and O–H groups in total. The average Bonchev–Trinajstić information content (AvgIpc) is 3.56. The maximum atomic E-state index is 13.3. The smallest absolute Gasteiger partial charge is 0.257 e. The van der Waals surface area contributed by atoms with Crippen LogP contribution in [0.3, 0.4) is 0 Å². The van der Waals surface area contributed by atoms with Crippen molar-refractivity contribution in [1.82, 2.24) is 14.8 Å². The van der Waals surface area contributed by atoms with Crippen LogP contribution < -0.4 is 10.7 Å². The molecule has 0 aliphatic rings. The first kappa shape index (κ1) is 27.1. The summed E-state index contributed by atoms with van der Waals surface area (Å²) >= 11 is 7.27. The van der Waals surface area contributed by atoms with Crippen LogP contribution in [-0.2, 0) is 19.6 Å². The van der Waals surface area contributed by atoms with Gasteiger partial charge in [-0.2, -0.15) is 0 Å². The van der Waals surface area contributed by atoms with Gasteiger partial charge in [0.2, 0.25) is 5.43 Å². The molecule has 9 nitrogen and oxygen atoms in total. The number of aromatic nitrogens is 1. The van der Waals surface area contributed by atoms with E-state index in [1.165, 1.54) is 23.8 Å². The number of likely N-dealkylation sites (N-methyl/N-ethyl adjacent to an activating group) is 1. The lowest BCUT2D eigenvalue weighted by Gasteiger charge is -2.18. The van der Waals surface area contributed by atoms with Crippen molar-refractivity contribution in [1.29, 1.82) is 0 Å². The van der Waals surface area contributed by atoms with E-state index >= 15 is 0 Å². The predicted molar refractivity (Wildman–Crippen MR) is 142 cm³/mol. The lowest BCUT2D eigenvalue weighted by molar-refractivity contribution is 0.0819. The molecule has 1 amide bonds. The molecule has 1 aromatic carbocycles. The first-order valence-electron chi connectivity index (χ1n) is 11.6. The van der Waals surface area contributed by atoms with Crippen LogP contribution >= 0.6 is 22.9 Å². The Morgan fingerprint density at radius 1 is 1.24 bits per heavy atom. The molecule has 0 fully saturated rings. The van der Waals surface area contributed by atoms with E-state index in [9.17, 15) is 24.9 Å². The summed E-state index contributed by atoms with van der Waals surface area (Å²) < 4.78 is 6.88. The number of aliphatic hydroxyl groups is 3. The van der Waals surface area contributed by atoms with Crippen molar-refractivity contribution in [3.8, 4) is 0 Å². The highest BCUT2D eigenvalue weighted by Gasteiger charge is 2.20. The van der Waals surface area contributed by atoms with Crippen LogP contribution in [0.5, 0.6) is 0 Å². The van der Waals surface area contributed by atoms with E-state index in [4.69, 9.17) is 16.0 Å². The lowest BCUT2D eigenvalue weighted by atomic mass is 10.1. The molecule has 0 aliphatic heterocycles. The minimum atomic E-state index is -1.06. The number of rotatable bonds is 11. The fraction of sp³-hybridized carbons (Fsp3) is 0.308. The van der Waals surface area contributed by atoms with Gasteiger partial charge in [-0.3, -0.25) is 14.5 Å². The van der Waals surface area contributed by atoms with Gasteiger partial charge in [0.15, 0.2) is 0 Å². The number of hydrogen-bond acceptors (Lipinski definition) is 8. The first-order chi connectivity index (χ1) is 17.7.